The third kappa shape index (κ3) is 3.45. The molecule has 0 amide bonds. The van der Waals surface area contributed by atoms with Crippen LogP contribution in [0.15, 0.2) is 12.1 Å². The second kappa shape index (κ2) is 6.48. The molecule has 0 saturated carbocycles. The topological polar surface area (TPSA) is 15.3 Å². The van der Waals surface area contributed by atoms with E-state index in [2.05, 4.69) is 12.2 Å². The fourth-order valence-electron chi connectivity index (χ4n) is 2.65. The predicted octanol–water partition coefficient (Wildman–Crippen LogP) is 3.32. The molecular formula is C15H21F3N2. The standard InChI is InChI=1S/C15H21F3N2/c1-3-12-4-5-20(9-10(2)8-19-12)14-7-11(16)6-13(17)15(14)18/h6-7,10,12,19H,3-5,8-9H2,1-2H3. The molecule has 1 heterocycles. The lowest BCUT2D eigenvalue weighted by molar-refractivity contribution is 0.384. The van der Waals surface area contributed by atoms with E-state index < -0.39 is 17.5 Å². The van der Waals surface area contributed by atoms with Crippen molar-refractivity contribution in [3.8, 4) is 0 Å². The van der Waals surface area contributed by atoms with Crippen molar-refractivity contribution in [1.29, 1.82) is 0 Å². The van der Waals surface area contributed by atoms with Gasteiger partial charge in [-0.05, 0) is 25.3 Å². The van der Waals surface area contributed by atoms with Gasteiger partial charge in [0.1, 0.15) is 5.82 Å². The van der Waals surface area contributed by atoms with Gasteiger partial charge in [-0.2, -0.15) is 0 Å². The van der Waals surface area contributed by atoms with Crippen molar-refractivity contribution in [2.75, 3.05) is 24.5 Å². The number of benzene rings is 1. The van der Waals surface area contributed by atoms with Gasteiger partial charge in [-0.25, -0.2) is 13.2 Å². The van der Waals surface area contributed by atoms with Crippen LogP contribution >= 0.6 is 0 Å². The highest BCUT2D eigenvalue weighted by Crippen LogP contribution is 2.25. The van der Waals surface area contributed by atoms with Crippen molar-refractivity contribution in [3.63, 3.8) is 0 Å². The van der Waals surface area contributed by atoms with Gasteiger partial charge in [0.15, 0.2) is 11.6 Å². The molecule has 1 saturated heterocycles. The maximum Gasteiger partial charge on any atom is 0.182 e. The van der Waals surface area contributed by atoms with Crippen LogP contribution in [-0.2, 0) is 0 Å². The van der Waals surface area contributed by atoms with E-state index in [-0.39, 0.29) is 11.6 Å². The lowest BCUT2D eigenvalue weighted by Gasteiger charge is -2.33. The van der Waals surface area contributed by atoms with E-state index in [4.69, 9.17) is 0 Å². The average Bonchev–Trinajstić information content (AvgIpc) is 2.39. The monoisotopic (exact) mass is 286 g/mol. The Labute approximate surface area is 118 Å². The smallest absolute Gasteiger partial charge is 0.182 e. The molecule has 1 N–H and O–H groups in total. The van der Waals surface area contributed by atoms with E-state index in [1.165, 1.54) is 0 Å². The summed E-state index contributed by atoms with van der Waals surface area (Å²) in [5, 5.41) is 3.46. The summed E-state index contributed by atoms with van der Waals surface area (Å²) in [6.45, 7) is 6.15. The maximum absolute atomic E-state index is 13.9. The molecule has 112 valence electrons. The van der Waals surface area contributed by atoms with Gasteiger partial charge in [0, 0.05) is 31.3 Å². The first-order valence-electron chi connectivity index (χ1n) is 7.14. The van der Waals surface area contributed by atoms with Crippen molar-refractivity contribution < 1.29 is 13.2 Å². The third-order valence-corrected chi connectivity index (χ3v) is 3.84. The number of halogens is 3. The van der Waals surface area contributed by atoms with Gasteiger partial charge in [-0.15, -0.1) is 0 Å². The molecule has 2 rings (SSSR count). The van der Waals surface area contributed by atoms with Crippen LogP contribution < -0.4 is 10.2 Å². The first-order chi connectivity index (χ1) is 9.51. The van der Waals surface area contributed by atoms with Crippen LogP contribution in [0.4, 0.5) is 18.9 Å². The van der Waals surface area contributed by atoms with Gasteiger partial charge in [0.25, 0.3) is 0 Å². The molecular weight excluding hydrogens is 265 g/mol. The Kier molecular flexibility index (Phi) is 4.91. The average molecular weight is 286 g/mol. The molecule has 0 aromatic heterocycles. The Morgan fingerprint density at radius 3 is 2.75 bits per heavy atom. The zero-order chi connectivity index (χ0) is 14.7. The van der Waals surface area contributed by atoms with E-state index in [0.29, 0.717) is 25.2 Å². The van der Waals surface area contributed by atoms with Crippen molar-refractivity contribution >= 4 is 5.69 Å². The van der Waals surface area contributed by atoms with Crippen LogP contribution in [0.2, 0.25) is 0 Å². The molecule has 5 heteroatoms. The normalized spacial score (nSPS) is 24.4. The molecule has 2 nitrogen and oxygen atoms in total. The molecule has 0 radical (unpaired) electrons. The Morgan fingerprint density at radius 2 is 2.05 bits per heavy atom. The quantitative estimate of drug-likeness (QED) is 0.839. The lowest BCUT2D eigenvalue weighted by Crippen LogP contribution is -2.43. The van der Waals surface area contributed by atoms with Crippen molar-refractivity contribution in [1.82, 2.24) is 5.32 Å². The van der Waals surface area contributed by atoms with Crippen molar-refractivity contribution in [3.05, 3.63) is 29.6 Å². The Hall–Kier alpha value is -1.23. The molecule has 1 fully saturated rings. The van der Waals surface area contributed by atoms with Gasteiger partial charge in [0.05, 0.1) is 5.69 Å². The molecule has 1 aliphatic rings. The zero-order valence-electron chi connectivity index (χ0n) is 11.9. The molecule has 1 aromatic carbocycles. The number of hydrogen-bond acceptors (Lipinski definition) is 2. The number of hydrogen-bond donors (Lipinski definition) is 1. The highest BCUT2D eigenvalue weighted by molar-refractivity contribution is 5.48. The van der Waals surface area contributed by atoms with E-state index >= 15 is 0 Å². The molecule has 0 spiro atoms. The van der Waals surface area contributed by atoms with Crippen LogP contribution in [0.25, 0.3) is 0 Å². The Morgan fingerprint density at radius 1 is 1.30 bits per heavy atom. The van der Waals surface area contributed by atoms with Gasteiger partial charge < -0.3 is 10.2 Å². The molecule has 0 bridgehead atoms. The summed E-state index contributed by atoms with van der Waals surface area (Å²) in [4.78, 5) is 1.76. The summed E-state index contributed by atoms with van der Waals surface area (Å²) in [6.07, 6.45) is 1.82. The van der Waals surface area contributed by atoms with Crippen molar-refractivity contribution in [2.45, 2.75) is 32.7 Å². The fourth-order valence-corrected chi connectivity index (χ4v) is 2.65. The first-order valence-corrected chi connectivity index (χ1v) is 7.14. The zero-order valence-corrected chi connectivity index (χ0v) is 11.9. The third-order valence-electron chi connectivity index (χ3n) is 3.84. The minimum absolute atomic E-state index is 0.0334. The van der Waals surface area contributed by atoms with Gasteiger partial charge in [-0.3, -0.25) is 0 Å². The predicted molar refractivity (Wildman–Crippen MR) is 74.4 cm³/mol. The van der Waals surface area contributed by atoms with Gasteiger partial charge in [-0.1, -0.05) is 13.8 Å². The molecule has 2 atom stereocenters. The van der Waals surface area contributed by atoms with Gasteiger partial charge >= 0.3 is 0 Å². The lowest BCUT2D eigenvalue weighted by atomic mass is 10.0. The number of nitrogens with zero attached hydrogens (tertiary/aromatic N) is 1. The highest BCUT2D eigenvalue weighted by Gasteiger charge is 2.22. The summed E-state index contributed by atoms with van der Waals surface area (Å²) in [6, 6.07) is 2.03. The minimum Gasteiger partial charge on any atom is -0.369 e. The molecule has 20 heavy (non-hydrogen) atoms. The Balaban J connectivity index is 2.25. The van der Waals surface area contributed by atoms with Crippen LogP contribution in [0.3, 0.4) is 0 Å². The SMILES string of the molecule is CCC1CCN(c2cc(F)cc(F)c2F)CC(C)CN1. The van der Waals surface area contributed by atoms with Crippen LogP contribution in [0.1, 0.15) is 26.7 Å². The number of anilines is 1. The van der Waals surface area contributed by atoms with Crippen LogP contribution in [-0.4, -0.2) is 25.7 Å². The second-order valence-corrected chi connectivity index (χ2v) is 5.57. The van der Waals surface area contributed by atoms with E-state index in [0.717, 1.165) is 25.5 Å². The maximum atomic E-state index is 13.9. The summed E-state index contributed by atoms with van der Waals surface area (Å²) in [5.41, 5.74) is 0.0334. The van der Waals surface area contributed by atoms with Crippen molar-refractivity contribution in [2.24, 2.45) is 5.92 Å². The molecule has 0 aliphatic carbocycles. The summed E-state index contributed by atoms with van der Waals surface area (Å²) in [7, 11) is 0. The van der Waals surface area contributed by atoms with E-state index in [1.807, 2.05) is 6.92 Å². The summed E-state index contributed by atoms with van der Waals surface area (Å²) in [5.74, 6) is -2.53. The summed E-state index contributed by atoms with van der Waals surface area (Å²) < 4.78 is 40.6. The number of nitrogens with one attached hydrogen (secondary N) is 1. The Bertz CT molecular complexity index is 465. The fraction of sp³-hybridized carbons (Fsp3) is 0.600. The van der Waals surface area contributed by atoms with Crippen LogP contribution in [0, 0.1) is 23.4 Å². The molecule has 1 aliphatic heterocycles. The minimum atomic E-state index is -1.13. The second-order valence-electron chi connectivity index (χ2n) is 5.57. The van der Waals surface area contributed by atoms with E-state index in [9.17, 15) is 13.2 Å². The largest absolute Gasteiger partial charge is 0.369 e. The first kappa shape index (κ1) is 15.2. The molecule has 2 unspecified atom stereocenters. The highest BCUT2D eigenvalue weighted by atomic mass is 19.2. The molecule has 1 aromatic rings. The summed E-state index contributed by atoms with van der Waals surface area (Å²) >= 11 is 0. The number of rotatable bonds is 2. The van der Waals surface area contributed by atoms with E-state index in [1.54, 1.807) is 4.90 Å². The van der Waals surface area contributed by atoms with Crippen LogP contribution in [0.5, 0.6) is 0 Å². The van der Waals surface area contributed by atoms with Gasteiger partial charge in [0.2, 0.25) is 0 Å².